The minimum Gasteiger partial charge on any atom is -0.435 e. The van der Waals surface area contributed by atoms with E-state index in [0.29, 0.717) is 11.8 Å². The van der Waals surface area contributed by atoms with Crippen molar-refractivity contribution in [3.8, 4) is 17.7 Å². The number of nitrogens with zero attached hydrogens (tertiary/aromatic N) is 2. The van der Waals surface area contributed by atoms with Crippen LogP contribution in [-0.4, -0.2) is 4.98 Å². The van der Waals surface area contributed by atoms with E-state index in [2.05, 4.69) is 4.98 Å². The van der Waals surface area contributed by atoms with Gasteiger partial charge in [-0.25, -0.2) is 13.8 Å². The molecule has 0 radical (unpaired) electrons. The van der Waals surface area contributed by atoms with E-state index in [1.807, 2.05) is 6.07 Å². The van der Waals surface area contributed by atoms with Gasteiger partial charge in [-0.15, -0.1) is 0 Å². The zero-order chi connectivity index (χ0) is 13.1. The number of benzene rings is 1. The second kappa shape index (κ2) is 4.67. The van der Waals surface area contributed by atoms with Gasteiger partial charge in [-0.2, -0.15) is 5.26 Å². The number of hydrogen-bond donors (Lipinski definition) is 1. The molecule has 90 valence electrons. The normalized spacial score (nSPS) is 9.83. The molecule has 0 aliphatic rings. The molecule has 0 amide bonds. The highest BCUT2D eigenvalue weighted by Gasteiger charge is 2.11. The van der Waals surface area contributed by atoms with Crippen LogP contribution in [0.3, 0.4) is 0 Å². The summed E-state index contributed by atoms with van der Waals surface area (Å²) in [5.74, 6) is -2.06. The maximum atomic E-state index is 13.3. The SMILES string of the molecule is N#Cc1cc(N)ccc1Oc1ncc(F)cc1F. The number of nitrogen functional groups attached to an aromatic ring is 1. The van der Waals surface area contributed by atoms with E-state index in [-0.39, 0.29) is 11.3 Å². The highest BCUT2D eigenvalue weighted by atomic mass is 19.1. The van der Waals surface area contributed by atoms with Crippen LogP contribution >= 0.6 is 0 Å². The van der Waals surface area contributed by atoms with E-state index >= 15 is 0 Å². The third-order valence-electron chi connectivity index (χ3n) is 2.10. The average Bonchev–Trinajstić information content (AvgIpc) is 2.34. The summed E-state index contributed by atoms with van der Waals surface area (Å²) < 4.78 is 31.1. The summed E-state index contributed by atoms with van der Waals surface area (Å²) in [6.07, 6.45) is 0.821. The lowest BCUT2D eigenvalue weighted by atomic mass is 10.2. The molecule has 18 heavy (non-hydrogen) atoms. The van der Waals surface area contributed by atoms with E-state index in [0.717, 1.165) is 6.20 Å². The predicted octanol–water partition coefficient (Wildman–Crippen LogP) is 2.61. The lowest BCUT2D eigenvalue weighted by molar-refractivity contribution is 0.416. The smallest absolute Gasteiger partial charge is 0.256 e. The van der Waals surface area contributed by atoms with Crippen LogP contribution in [0.15, 0.2) is 30.5 Å². The van der Waals surface area contributed by atoms with Crippen LogP contribution in [0.25, 0.3) is 0 Å². The van der Waals surface area contributed by atoms with Gasteiger partial charge in [-0.05, 0) is 18.2 Å². The number of nitriles is 1. The molecule has 4 nitrogen and oxygen atoms in total. The molecule has 2 N–H and O–H groups in total. The summed E-state index contributed by atoms with van der Waals surface area (Å²) in [4.78, 5) is 3.46. The lowest BCUT2D eigenvalue weighted by Gasteiger charge is -2.07. The van der Waals surface area contributed by atoms with Crippen molar-refractivity contribution in [2.45, 2.75) is 0 Å². The van der Waals surface area contributed by atoms with E-state index in [4.69, 9.17) is 15.7 Å². The maximum absolute atomic E-state index is 13.3. The van der Waals surface area contributed by atoms with Crippen molar-refractivity contribution >= 4 is 5.69 Å². The van der Waals surface area contributed by atoms with Gasteiger partial charge in [0.15, 0.2) is 5.82 Å². The maximum Gasteiger partial charge on any atom is 0.256 e. The lowest BCUT2D eigenvalue weighted by Crippen LogP contribution is -1.96. The van der Waals surface area contributed by atoms with Crippen molar-refractivity contribution < 1.29 is 13.5 Å². The zero-order valence-electron chi connectivity index (χ0n) is 9.02. The van der Waals surface area contributed by atoms with Crippen molar-refractivity contribution in [2.24, 2.45) is 0 Å². The van der Waals surface area contributed by atoms with Gasteiger partial charge in [0.1, 0.15) is 17.6 Å². The van der Waals surface area contributed by atoms with E-state index in [1.54, 1.807) is 0 Å². The van der Waals surface area contributed by atoms with Crippen molar-refractivity contribution in [2.75, 3.05) is 5.73 Å². The number of anilines is 1. The Morgan fingerprint density at radius 2 is 2.06 bits per heavy atom. The van der Waals surface area contributed by atoms with Gasteiger partial charge in [0.05, 0.1) is 11.8 Å². The molecule has 0 saturated carbocycles. The molecule has 1 heterocycles. The number of pyridine rings is 1. The standard InChI is InChI=1S/C12H7F2N3O/c13-8-4-10(14)12(17-6-8)18-11-2-1-9(16)3-7(11)5-15/h1-4,6H,16H2. The minimum absolute atomic E-state index is 0.102. The average molecular weight is 247 g/mol. The van der Waals surface area contributed by atoms with Gasteiger partial charge >= 0.3 is 0 Å². The van der Waals surface area contributed by atoms with Crippen LogP contribution in [0.5, 0.6) is 11.6 Å². The topological polar surface area (TPSA) is 71.9 Å². The quantitative estimate of drug-likeness (QED) is 0.828. The first-order valence-corrected chi connectivity index (χ1v) is 4.88. The summed E-state index contributed by atoms with van der Waals surface area (Å²) >= 11 is 0. The molecule has 2 rings (SSSR count). The monoisotopic (exact) mass is 247 g/mol. The van der Waals surface area contributed by atoms with Gasteiger partial charge < -0.3 is 10.5 Å². The summed E-state index contributed by atoms with van der Waals surface area (Å²) in [7, 11) is 0. The number of hydrogen-bond acceptors (Lipinski definition) is 4. The summed E-state index contributed by atoms with van der Waals surface area (Å²) in [6, 6.07) is 6.80. The second-order valence-corrected chi connectivity index (χ2v) is 3.41. The second-order valence-electron chi connectivity index (χ2n) is 3.41. The fourth-order valence-electron chi connectivity index (χ4n) is 1.31. The number of nitrogens with two attached hydrogens (primary N) is 1. The molecule has 0 bridgehead atoms. The molecule has 0 spiro atoms. The van der Waals surface area contributed by atoms with E-state index in [9.17, 15) is 8.78 Å². The molecule has 0 atom stereocenters. The fourth-order valence-corrected chi connectivity index (χ4v) is 1.31. The first kappa shape index (κ1) is 11.8. The van der Waals surface area contributed by atoms with Crippen LogP contribution in [-0.2, 0) is 0 Å². The van der Waals surface area contributed by atoms with Gasteiger partial charge in [-0.1, -0.05) is 0 Å². The van der Waals surface area contributed by atoms with Gasteiger partial charge in [0.25, 0.3) is 5.88 Å². The van der Waals surface area contributed by atoms with E-state index < -0.39 is 17.5 Å². The Morgan fingerprint density at radius 1 is 1.28 bits per heavy atom. The number of ether oxygens (including phenoxy) is 1. The zero-order valence-corrected chi connectivity index (χ0v) is 9.02. The number of halogens is 2. The molecule has 0 saturated heterocycles. The predicted molar refractivity (Wildman–Crippen MR) is 59.8 cm³/mol. The molecule has 0 unspecified atom stereocenters. The minimum atomic E-state index is -0.948. The largest absolute Gasteiger partial charge is 0.435 e. The number of rotatable bonds is 2. The summed E-state index contributed by atoms with van der Waals surface area (Å²) in [6.45, 7) is 0. The Labute approximate surface area is 101 Å². The third-order valence-corrected chi connectivity index (χ3v) is 2.10. The van der Waals surface area contributed by atoms with Crippen molar-refractivity contribution in [3.05, 3.63) is 47.7 Å². The molecular formula is C12H7F2N3O. The van der Waals surface area contributed by atoms with Crippen molar-refractivity contribution in [1.82, 2.24) is 4.98 Å². The third kappa shape index (κ3) is 2.35. The fraction of sp³-hybridized carbons (Fsp3) is 0. The van der Waals surface area contributed by atoms with Crippen LogP contribution in [0.1, 0.15) is 5.56 Å². The van der Waals surface area contributed by atoms with Gasteiger partial charge in [-0.3, -0.25) is 0 Å². The van der Waals surface area contributed by atoms with Crippen LogP contribution < -0.4 is 10.5 Å². The van der Waals surface area contributed by atoms with Crippen LogP contribution in [0.4, 0.5) is 14.5 Å². The highest BCUT2D eigenvalue weighted by molar-refractivity contribution is 5.53. The Morgan fingerprint density at radius 3 is 2.72 bits per heavy atom. The van der Waals surface area contributed by atoms with Crippen molar-refractivity contribution in [3.63, 3.8) is 0 Å². The molecule has 1 aromatic heterocycles. The molecule has 0 aliphatic heterocycles. The molecule has 1 aromatic carbocycles. The first-order chi connectivity index (χ1) is 8.60. The van der Waals surface area contributed by atoms with Gasteiger partial charge in [0.2, 0.25) is 0 Å². The molecule has 0 fully saturated rings. The van der Waals surface area contributed by atoms with Crippen molar-refractivity contribution in [1.29, 1.82) is 5.26 Å². The van der Waals surface area contributed by atoms with Gasteiger partial charge in [0, 0.05) is 11.8 Å². The molecular weight excluding hydrogens is 240 g/mol. The molecule has 6 heteroatoms. The van der Waals surface area contributed by atoms with Crippen LogP contribution in [0.2, 0.25) is 0 Å². The first-order valence-electron chi connectivity index (χ1n) is 4.88. The Balaban J connectivity index is 2.37. The molecule has 0 aliphatic carbocycles. The van der Waals surface area contributed by atoms with E-state index in [1.165, 1.54) is 18.2 Å². The Kier molecular flexibility index (Phi) is 3.06. The molecule has 2 aromatic rings. The van der Waals surface area contributed by atoms with Crippen LogP contribution in [0, 0.1) is 23.0 Å². The summed E-state index contributed by atoms with van der Waals surface area (Å²) in [5.41, 5.74) is 6.02. The Hall–Kier alpha value is -2.68. The summed E-state index contributed by atoms with van der Waals surface area (Å²) in [5, 5.41) is 8.87. The number of aromatic nitrogens is 1. The Bertz CT molecular complexity index is 638. The highest BCUT2D eigenvalue weighted by Crippen LogP contribution is 2.27.